The Kier molecular flexibility index (Phi) is 6.51. The number of urea groups is 1. The topological polar surface area (TPSA) is 134 Å². The van der Waals surface area contributed by atoms with Gasteiger partial charge in [0.05, 0.1) is 12.8 Å². The Morgan fingerprint density at radius 3 is 2.52 bits per heavy atom. The zero-order valence-corrected chi connectivity index (χ0v) is 16.5. The van der Waals surface area contributed by atoms with Gasteiger partial charge in [-0.3, -0.25) is 9.59 Å². The number of hydrogen-bond acceptors (Lipinski definition) is 6. The fraction of sp³-hybridized carbons (Fsp3) is 0.143. The number of amides is 4. The molecule has 0 radical (unpaired) electrons. The van der Waals surface area contributed by atoms with Crippen LogP contribution >= 0.6 is 0 Å². The first kappa shape index (κ1) is 21.4. The molecule has 0 aliphatic carbocycles. The summed E-state index contributed by atoms with van der Waals surface area (Å²) in [7, 11) is 1.46. The number of imide groups is 1. The summed E-state index contributed by atoms with van der Waals surface area (Å²) in [5.41, 5.74) is 1.00. The Labute approximate surface area is 177 Å². The predicted molar refractivity (Wildman–Crippen MR) is 109 cm³/mol. The van der Waals surface area contributed by atoms with E-state index in [1.165, 1.54) is 25.3 Å². The number of nitrogens with zero attached hydrogens (tertiary/aromatic N) is 1. The number of rotatable bonds is 8. The lowest BCUT2D eigenvalue weighted by Crippen LogP contribution is -2.38. The van der Waals surface area contributed by atoms with Crippen LogP contribution in [0, 0.1) is 0 Å². The van der Waals surface area contributed by atoms with Gasteiger partial charge in [0.2, 0.25) is 5.91 Å². The van der Waals surface area contributed by atoms with Crippen molar-refractivity contribution in [1.29, 1.82) is 0 Å². The SMILES string of the molecule is COc1ccccc1NC(=O)CN1C(=O)N/C(=C/c2ccc(OCC(=O)O)cc2)C1=O. The van der Waals surface area contributed by atoms with Gasteiger partial charge in [-0.25, -0.2) is 14.5 Å². The molecule has 0 spiro atoms. The molecule has 1 aliphatic heterocycles. The van der Waals surface area contributed by atoms with Crippen molar-refractivity contribution in [3.63, 3.8) is 0 Å². The molecule has 0 bridgehead atoms. The number of carbonyl (C=O) groups excluding carboxylic acids is 3. The Morgan fingerprint density at radius 2 is 1.84 bits per heavy atom. The molecular formula is C21H19N3O7. The zero-order chi connectivity index (χ0) is 22.4. The number of aliphatic carboxylic acids is 1. The fourth-order valence-corrected chi connectivity index (χ4v) is 2.77. The van der Waals surface area contributed by atoms with Crippen LogP contribution in [-0.2, 0) is 14.4 Å². The zero-order valence-electron chi connectivity index (χ0n) is 16.5. The molecule has 0 aromatic heterocycles. The number of nitrogens with one attached hydrogen (secondary N) is 2. The van der Waals surface area contributed by atoms with E-state index < -0.39 is 37.0 Å². The van der Waals surface area contributed by atoms with Crippen LogP contribution in [0.2, 0.25) is 0 Å². The molecule has 3 rings (SSSR count). The second-order valence-electron chi connectivity index (χ2n) is 6.38. The van der Waals surface area contributed by atoms with Gasteiger partial charge in [-0.2, -0.15) is 0 Å². The predicted octanol–water partition coefficient (Wildman–Crippen LogP) is 1.69. The van der Waals surface area contributed by atoms with E-state index in [2.05, 4.69) is 10.6 Å². The van der Waals surface area contributed by atoms with Crippen molar-refractivity contribution < 1.29 is 33.8 Å². The van der Waals surface area contributed by atoms with Crippen molar-refractivity contribution in [1.82, 2.24) is 10.2 Å². The minimum Gasteiger partial charge on any atom is -0.495 e. The van der Waals surface area contributed by atoms with Crippen molar-refractivity contribution in [2.75, 3.05) is 25.6 Å². The van der Waals surface area contributed by atoms with Gasteiger partial charge in [-0.15, -0.1) is 0 Å². The number of ether oxygens (including phenoxy) is 2. The average molecular weight is 425 g/mol. The number of hydrogen-bond donors (Lipinski definition) is 3. The van der Waals surface area contributed by atoms with Gasteiger partial charge in [-0.1, -0.05) is 24.3 Å². The number of carboxylic acid groups (broad SMARTS) is 1. The van der Waals surface area contributed by atoms with Crippen molar-refractivity contribution in [2.24, 2.45) is 0 Å². The number of carbonyl (C=O) groups is 4. The smallest absolute Gasteiger partial charge is 0.341 e. The number of para-hydroxylation sites is 2. The lowest BCUT2D eigenvalue weighted by atomic mass is 10.2. The van der Waals surface area contributed by atoms with Gasteiger partial charge in [0.1, 0.15) is 23.7 Å². The number of benzene rings is 2. The molecule has 1 aliphatic rings. The lowest BCUT2D eigenvalue weighted by molar-refractivity contribution is -0.139. The van der Waals surface area contributed by atoms with Crippen LogP contribution in [0.3, 0.4) is 0 Å². The highest BCUT2D eigenvalue weighted by Crippen LogP contribution is 2.23. The normalized spacial score (nSPS) is 14.4. The number of carboxylic acids is 1. The molecule has 1 saturated heterocycles. The first-order valence-corrected chi connectivity index (χ1v) is 9.09. The van der Waals surface area contributed by atoms with Crippen LogP contribution in [0.4, 0.5) is 10.5 Å². The Bertz CT molecular complexity index is 1050. The molecule has 0 atom stereocenters. The molecule has 160 valence electrons. The molecule has 10 heteroatoms. The molecule has 0 saturated carbocycles. The second kappa shape index (κ2) is 9.44. The Morgan fingerprint density at radius 1 is 1.13 bits per heavy atom. The molecule has 1 fully saturated rings. The monoisotopic (exact) mass is 425 g/mol. The summed E-state index contributed by atoms with van der Waals surface area (Å²) in [5.74, 6) is -1.51. The molecule has 0 unspecified atom stereocenters. The molecule has 4 amide bonds. The van der Waals surface area contributed by atoms with Crippen molar-refractivity contribution in [3.8, 4) is 11.5 Å². The van der Waals surface area contributed by atoms with Gasteiger partial charge in [-0.05, 0) is 35.9 Å². The van der Waals surface area contributed by atoms with E-state index in [0.29, 0.717) is 22.7 Å². The van der Waals surface area contributed by atoms with Crippen LogP contribution in [-0.4, -0.2) is 54.1 Å². The maximum atomic E-state index is 12.6. The van der Waals surface area contributed by atoms with Gasteiger partial charge < -0.3 is 25.2 Å². The van der Waals surface area contributed by atoms with Crippen LogP contribution in [0.25, 0.3) is 6.08 Å². The first-order chi connectivity index (χ1) is 14.9. The first-order valence-electron chi connectivity index (χ1n) is 9.09. The summed E-state index contributed by atoms with van der Waals surface area (Å²) in [6.45, 7) is -0.942. The van der Waals surface area contributed by atoms with E-state index in [-0.39, 0.29) is 5.70 Å². The van der Waals surface area contributed by atoms with Crippen molar-refractivity contribution in [2.45, 2.75) is 0 Å². The van der Waals surface area contributed by atoms with Gasteiger partial charge >= 0.3 is 12.0 Å². The highest BCUT2D eigenvalue weighted by molar-refractivity contribution is 6.16. The lowest BCUT2D eigenvalue weighted by Gasteiger charge is -2.13. The minimum atomic E-state index is -1.10. The van der Waals surface area contributed by atoms with E-state index in [9.17, 15) is 19.2 Å². The maximum Gasteiger partial charge on any atom is 0.341 e. The van der Waals surface area contributed by atoms with Gasteiger partial charge in [0, 0.05) is 0 Å². The van der Waals surface area contributed by atoms with E-state index >= 15 is 0 Å². The summed E-state index contributed by atoms with van der Waals surface area (Å²) in [6.07, 6.45) is 1.44. The molecule has 1 heterocycles. The third-order valence-electron chi connectivity index (χ3n) is 4.20. The van der Waals surface area contributed by atoms with Crippen LogP contribution < -0.4 is 20.1 Å². The van der Waals surface area contributed by atoms with Crippen LogP contribution in [0.5, 0.6) is 11.5 Å². The van der Waals surface area contributed by atoms with Crippen LogP contribution in [0.1, 0.15) is 5.56 Å². The highest BCUT2D eigenvalue weighted by Gasteiger charge is 2.35. The molecular weight excluding hydrogens is 406 g/mol. The quantitative estimate of drug-likeness (QED) is 0.433. The average Bonchev–Trinajstić information content (AvgIpc) is 3.01. The van der Waals surface area contributed by atoms with E-state index in [1.54, 1.807) is 36.4 Å². The van der Waals surface area contributed by atoms with Crippen molar-refractivity contribution >= 4 is 35.6 Å². The van der Waals surface area contributed by atoms with Crippen molar-refractivity contribution in [3.05, 3.63) is 59.8 Å². The minimum absolute atomic E-state index is 0.00861. The molecule has 2 aromatic rings. The third kappa shape index (κ3) is 5.38. The van der Waals surface area contributed by atoms with Crippen LogP contribution in [0.15, 0.2) is 54.2 Å². The molecule has 31 heavy (non-hydrogen) atoms. The van der Waals surface area contributed by atoms with Gasteiger partial charge in [0.25, 0.3) is 5.91 Å². The maximum absolute atomic E-state index is 12.6. The third-order valence-corrected chi connectivity index (χ3v) is 4.20. The summed E-state index contributed by atoms with van der Waals surface area (Å²) in [5, 5.41) is 13.7. The molecule has 3 N–H and O–H groups in total. The summed E-state index contributed by atoms with van der Waals surface area (Å²) >= 11 is 0. The fourth-order valence-electron chi connectivity index (χ4n) is 2.77. The highest BCUT2D eigenvalue weighted by atomic mass is 16.5. The molecule has 2 aromatic carbocycles. The van der Waals surface area contributed by atoms with E-state index in [0.717, 1.165) is 4.90 Å². The Hall–Kier alpha value is -4.34. The van der Waals surface area contributed by atoms with E-state index in [1.807, 2.05) is 0 Å². The largest absolute Gasteiger partial charge is 0.495 e. The summed E-state index contributed by atoms with van der Waals surface area (Å²) in [4.78, 5) is 48.4. The van der Waals surface area contributed by atoms with E-state index in [4.69, 9.17) is 14.6 Å². The van der Waals surface area contributed by atoms with Gasteiger partial charge in [0.15, 0.2) is 6.61 Å². The summed E-state index contributed by atoms with van der Waals surface area (Å²) < 4.78 is 10.2. The number of anilines is 1. The number of methoxy groups -OCH3 is 1. The summed E-state index contributed by atoms with van der Waals surface area (Å²) in [6, 6.07) is 12.3. The Balaban J connectivity index is 1.65. The second-order valence-corrected chi connectivity index (χ2v) is 6.38. The molecule has 10 nitrogen and oxygen atoms in total. The standard InChI is InChI=1S/C21H19N3O7/c1-30-17-5-3-2-4-15(17)22-18(25)11-24-20(28)16(23-21(24)29)10-13-6-8-14(9-7-13)31-12-19(26)27/h2-10H,11-12H2,1H3,(H,22,25)(H,23,29)(H,26,27)/b16-10+.